The molecule has 1 aliphatic rings. The Balaban J connectivity index is 1.67. The van der Waals surface area contributed by atoms with Crippen LogP contribution in [-0.4, -0.2) is 36.7 Å². The molecule has 0 saturated carbocycles. The van der Waals surface area contributed by atoms with Gasteiger partial charge < -0.3 is 18.9 Å². The van der Waals surface area contributed by atoms with Crippen LogP contribution in [-0.2, 0) is 6.42 Å². The largest absolute Gasteiger partial charge is 0.493 e. The van der Waals surface area contributed by atoms with Crippen molar-refractivity contribution < 1.29 is 23.2 Å². The maximum absolute atomic E-state index is 14.2. The molecule has 0 N–H and O–H groups in total. The van der Waals surface area contributed by atoms with Crippen molar-refractivity contribution in [3.05, 3.63) is 98.5 Å². The highest BCUT2D eigenvalue weighted by molar-refractivity contribution is 6.39. The normalized spacial score (nSPS) is 14.9. The van der Waals surface area contributed by atoms with Crippen LogP contribution in [0.25, 0.3) is 11.3 Å². The van der Waals surface area contributed by atoms with Crippen LogP contribution >= 0.6 is 23.2 Å². The molecule has 1 atom stereocenters. The molecule has 1 aliphatic heterocycles. The summed E-state index contributed by atoms with van der Waals surface area (Å²) in [6.07, 6.45) is 0.575. The number of carbonyl (C=O) groups is 1. The standard InChI is InChI=1S/C28H23Cl2FN2O4/c1-15-24(26(32-37-15)25-20(29)5-4-6-21(25)30)28(34)33-12-11-17-13-22(35-2)23(36-3)14-19(17)27(33)16-7-9-18(31)10-8-16/h4-10,13-14,27H,11-12H2,1-3H3/t27-/m1/s1. The van der Waals surface area contributed by atoms with E-state index in [1.807, 2.05) is 12.1 Å². The number of hydrogen-bond acceptors (Lipinski definition) is 5. The first-order chi connectivity index (χ1) is 17.8. The lowest BCUT2D eigenvalue weighted by molar-refractivity contribution is 0.0693. The van der Waals surface area contributed by atoms with E-state index in [9.17, 15) is 9.18 Å². The number of amides is 1. The van der Waals surface area contributed by atoms with Gasteiger partial charge in [0.15, 0.2) is 11.5 Å². The van der Waals surface area contributed by atoms with Gasteiger partial charge in [-0.1, -0.05) is 46.6 Å². The second-order valence-corrected chi connectivity index (χ2v) is 9.48. The Kier molecular flexibility index (Phi) is 6.84. The predicted molar refractivity (Wildman–Crippen MR) is 139 cm³/mol. The van der Waals surface area contributed by atoms with Crippen molar-refractivity contribution in [2.45, 2.75) is 19.4 Å². The molecule has 6 nitrogen and oxygen atoms in total. The molecule has 9 heteroatoms. The molecule has 0 saturated heterocycles. The highest BCUT2D eigenvalue weighted by Crippen LogP contribution is 2.43. The molecule has 0 aliphatic carbocycles. The molecule has 5 rings (SSSR count). The number of rotatable bonds is 5. The molecule has 1 aromatic heterocycles. The third-order valence-electron chi connectivity index (χ3n) is 6.60. The number of nitrogens with zero attached hydrogens (tertiary/aromatic N) is 2. The number of methoxy groups -OCH3 is 2. The SMILES string of the molecule is COc1cc2c(cc1OC)[C@@H](c1ccc(F)cc1)N(C(=O)c1c(-c3c(Cl)cccc3Cl)noc1C)CC2. The Morgan fingerprint density at radius 2 is 1.70 bits per heavy atom. The van der Waals surface area contributed by atoms with Crippen molar-refractivity contribution in [3.8, 4) is 22.8 Å². The Morgan fingerprint density at radius 1 is 1.05 bits per heavy atom. The molecule has 0 radical (unpaired) electrons. The highest BCUT2D eigenvalue weighted by Gasteiger charge is 2.37. The van der Waals surface area contributed by atoms with Crippen molar-refractivity contribution in [1.29, 1.82) is 0 Å². The van der Waals surface area contributed by atoms with Gasteiger partial charge in [0.2, 0.25) is 0 Å². The van der Waals surface area contributed by atoms with E-state index < -0.39 is 6.04 Å². The van der Waals surface area contributed by atoms with E-state index in [-0.39, 0.29) is 23.0 Å². The summed E-state index contributed by atoms with van der Waals surface area (Å²) in [5.41, 5.74) is 3.57. The summed E-state index contributed by atoms with van der Waals surface area (Å²) in [5, 5.41) is 4.85. The average Bonchev–Trinajstić information content (AvgIpc) is 3.27. The molecule has 0 fully saturated rings. The van der Waals surface area contributed by atoms with Gasteiger partial charge in [0.25, 0.3) is 5.91 Å². The minimum atomic E-state index is -0.527. The molecule has 0 bridgehead atoms. The minimum Gasteiger partial charge on any atom is -0.493 e. The second-order valence-electron chi connectivity index (χ2n) is 8.67. The van der Waals surface area contributed by atoms with Crippen molar-refractivity contribution in [2.24, 2.45) is 0 Å². The summed E-state index contributed by atoms with van der Waals surface area (Å²) in [4.78, 5) is 16.0. The number of aromatic nitrogens is 1. The van der Waals surface area contributed by atoms with E-state index in [1.165, 1.54) is 12.1 Å². The molecule has 2 heterocycles. The van der Waals surface area contributed by atoms with Gasteiger partial charge >= 0.3 is 0 Å². The fourth-order valence-corrected chi connectivity index (χ4v) is 5.41. The number of aryl methyl sites for hydroxylation is 1. The smallest absolute Gasteiger partial charge is 0.260 e. The molecular weight excluding hydrogens is 518 g/mol. The maximum atomic E-state index is 14.2. The number of carbonyl (C=O) groups excluding carboxylic acids is 1. The molecule has 190 valence electrons. The lowest BCUT2D eigenvalue weighted by Gasteiger charge is -2.38. The lowest BCUT2D eigenvalue weighted by atomic mass is 9.87. The zero-order valence-electron chi connectivity index (χ0n) is 20.3. The maximum Gasteiger partial charge on any atom is 0.260 e. The van der Waals surface area contributed by atoms with Gasteiger partial charge in [-0.15, -0.1) is 0 Å². The van der Waals surface area contributed by atoms with Gasteiger partial charge in [0.1, 0.15) is 22.8 Å². The topological polar surface area (TPSA) is 64.8 Å². The van der Waals surface area contributed by atoms with Crippen LogP contribution < -0.4 is 9.47 Å². The first-order valence-corrected chi connectivity index (χ1v) is 12.3. The van der Waals surface area contributed by atoms with E-state index in [0.29, 0.717) is 45.8 Å². The summed E-state index contributed by atoms with van der Waals surface area (Å²) < 4.78 is 30.4. The number of benzene rings is 3. The van der Waals surface area contributed by atoms with E-state index in [2.05, 4.69) is 5.16 Å². The summed E-state index contributed by atoms with van der Waals surface area (Å²) in [6.45, 7) is 2.07. The van der Waals surface area contributed by atoms with Gasteiger partial charge in [-0.3, -0.25) is 4.79 Å². The molecule has 1 amide bonds. The number of halogens is 3. The molecule has 0 unspecified atom stereocenters. The zero-order valence-corrected chi connectivity index (χ0v) is 21.9. The van der Waals surface area contributed by atoms with Crippen LogP contribution in [0.15, 0.2) is 59.1 Å². The number of ether oxygens (including phenoxy) is 2. The molecule has 37 heavy (non-hydrogen) atoms. The fraction of sp³-hybridized carbons (Fsp3) is 0.214. The van der Waals surface area contributed by atoms with Gasteiger partial charge in [0.05, 0.1) is 30.3 Å². The highest BCUT2D eigenvalue weighted by atomic mass is 35.5. The van der Waals surface area contributed by atoms with Gasteiger partial charge in [-0.2, -0.15) is 0 Å². The zero-order chi connectivity index (χ0) is 26.3. The third kappa shape index (κ3) is 4.43. The summed E-state index contributed by atoms with van der Waals surface area (Å²) in [5.74, 6) is 0.804. The van der Waals surface area contributed by atoms with Crippen LogP contribution in [0, 0.1) is 12.7 Å². The summed E-state index contributed by atoms with van der Waals surface area (Å²) in [6, 6.07) is 14.5. The first kappa shape index (κ1) is 25.1. The van der Waals surface area contributed by atoms with E-state index in [1.54, 1.807) is 56.4 Å². The van der Waals surface area contributed by atoms with Gasteiger partial charge in [-0.25, -0.2) is 4.39 Å². The predicted octanol–water partition coefficient (Wildman–Crippen LogP) is 6.90. The van der Waals surface area contributed by atoms with Crippen molar-refractivity contribution in [1.82, 2.24) is 10.1 Å². The van der Waals surface area contributed by atoms with Crippen LogP contribution in [0.4, 0.5) is 4.39 Å². The van der Waals surface area contributed by atoms with Crippen LogP contribution in [0.1, 0.15) is 38.9 Å². The Bertz CT molecular complexity index is 1470. The first-order valence-electron chi connectivity index (χ1n) is 11.6. The number of hydrogen-bond donors (Lipinski definition) is 0. The monoisotopic (exact) mass is 540 g/mol. The van der Waals surface area contributed by atoms with Crippen molar-refractivity contribution >= 4 is 29.1 Å². The van der Waals surface area contributed by atoms with Gasteiger partial charge in [-0.05, 0) is 66.4 Å². The quantitative estimate of drug-likeness (QED) is 0.275. The summed E-state index contributed by atoms with van der Waals surface area (Å²) in [7, 11) is 3.14. The fourth-order valence-electron chi connectivity index (χ4n) is 4.83. The van der Waals surface area contributed by atoms with Crippen LogP contribution in [0.2, 0.25) is 10.0 Å². The van der Waals surface area contributed by atoms with E-state index in [0.717, 1.165) is 16.7 Å². The second kappa shape index (κ2) is 10.1. The van der Waals surface area contributed by atoms with Crippen molar-refractivity contribution in [3.63, 3.8) is 0 Å². The average molecular weight is 541 g/mol. The molecule has 0 spiro atoms. The van der Waals surface area contributed by atoms with Gasteiger partial charge in [0, 0.05) is 12.1 Å². The van der Waals surface area contributed by atoms with E-state index in [4.69, 9.17) is 37.2 Å². The van der Waals surface area contributed by atoms with Crippen LogP contribution in [0.5, 0.6) is 11.5 Å². The lowest BCUT2D eigenvalue weighted by Crippen LogP contribution is -2.41. The third-order valence-corrected chi connectivity index (χ3v) is 7.23. The Morgan fingerprint density at radius 3 is 2.35 bits per heavy atom. The number of fused-ring (bicyclic) bond motifs is 1. The van der Waals surface area contributed by atoms with Crippen LogP contribution in [0.3, 0.4) is 0 Å². The Labute approximate surface area is 223 Å². The molecule has 3 aromatic carbocycles. The Hall–Kier alpha value is -3.55. The van der Waals surface area contributed by atoms with Crippen molar-refractivity contribution in [2.75, 3.05) is 20.8 Å². The minimum absolute atomic E-state index is 0.269. The molecule has 4 aromatic rings. The van der Waals surface area contributed by atoms with E-state index >= 15 is 0 Å². The molecular formula is C28H23Cl2FN2O4. The summed E-state index contributed by atoms with van der Waals surface area (Å²) >= 11 is 12.9.